The number of hydrogen-bond acceptors (Lipinski definition) is 7. The monoisotopic (exact) mass is 531 g/mol. The molecule has 2 saturated heterocycles. The van der Waals surface area contributed by atoms with Crippen LogP contribution in [0, 0.1) is 0 Å². The van der Waals surface area contributed by atoms with E-state index in [1.807, 2.05) is 47.4 Å². The second kappa shape index (κ2) is 9.09. The standard InChI is InChI=1S/C27H29N7O3S/c1-29-27(35)33-19-9-10-20(33)13-18(12-19)23-24(38(2,36)37)25(28)34-26(32-23)21(15-31-34)17-8-11-22(30-14-17)16-6-4-3-5-7-16/h3-8,11,14-15,18-20H,9-10,12-13,28H2,1-2H3,(H,29,35). The van der Waals surface area contributed by atoms with Gasteiger partial charge in [0.25, 0.3) is 0 Å². The number of nitrogens with one attached hydrogen (secondary N) is 1. The summed E-state index contributed by atoms with van der Waals surface area (Å²) in [6.45, 7) is 0. The first kappa shape index (κ1) is 24.4. The summed E-state index contributed by atoms with van der Waals surface area (Å²) >= 11 is 0. The summed E-state index contributed by atoms with van der Waals surface area (Å²) in [5.74, 6) is -0.0968. The van der Waals surface area contributed by atoms with Crippen molar-refractivity contribution in [2.45, 2.75) is 48.6 Å². The van der Waals surface area contributed by atoms with Crippen molar-refractivity contribution in [3.05, 3.63) is 60.6 Å². The van der Waals surface area contributed by atoms with E-state index in [1.165, 1.54) is 4.52 Å². The maximum absolute atomic E-state index is 13.0. The molecule has 2 bridgehead atoms. The molecule has 4 aromatic rings. The highest BCUT2D eigenvalue weighted by Gasteiger charge is 2.45. The minimum atomic E-state index is -3.70. The number of nitrogens with zero attached hydrogens (tertiary/aromatic N) is 5. The molecule has 2 aliphatic heterocycles. The smallest absolute Gasteiger partial charge is 0.317 e. The number of carbonyl (C=O) groups excluding carboxylic acids is 1. The lowest BCUT2D eigenvalue weighted by Crippen LogP contribution is -2.49. The van der Waals surface area contributed by atoms with Crippen molar-refractivity contribution in [3.63, 3.8) is 0 Å². The average molecular weight is 532 g/mol. The second-order valence-electron chi connectivity index (χ2n) is 10.1. The molecule has 196 valence electrons. The zero-order chi connectivity index (χ0) is 26.6. The predicted octanol–water partition coefficient (Wildman–Crippen LogP) is 3.49. The van der Waals surface area contributed by atoms with E-state index in [1.54, 1.807) is 19.4 Å². The minimum Gasteiger partial charge on any atom is -0.382 e. The van der Waals surface area contributed by atoms with Crippen LogP contribution in [-0.2, 0) is 9.84 Å². The first-order chi connectivity index (χ1) is 18.3. The molecule has 1 aromatic carbocycles. The third-order valence-electron chi connectivity index (χ3n) is 7.75. The Morgan fingerprint density at radius 2 is 1.74 bits per heavy atom. The fourth-order valence-corrected chi connectivity index (χ4v) is 7.13. The number of hydrogen-bond donors (Lipinski definition) is 2. The van der Waals surface area contributed by atoms with Crippen molar-refractivity contribution in [1.29, 1.82) is 0 Å². The molecule has 0 saturated carbocycles. The third kappa shape index (κ3) is 3.97. The van der Waals surface area contributed by atoms with E-state index < -0.39 is 9.84 Å². The average Bonchev–Trinajstić information content (AvgIpc) is 3.46. The number of carbonyl (C=O) groups is 1. The molecular weight excluding hydrogens is 502 g/mol. The van der Waals surface area contributed by atoms with Gasteiger partial charge >= 0.3 is 6.03 Å². The Balaban J connectivity index is 1.44. The normalized spacial score (nSPS) is 21.1. The zero-order valence-corrected chi connectivity index (χ0v) is 22.0. The molecule has 0 spiro atoms. The number of pyridine rings is 1. The summed E-state index contributed by atoms with van der Waals surface area (Å²) in [7, 11) is -2.07. The summed E-state index contributed by atoms with van der Waals surface area (Å²) in [4.78, 5) is 24.0. The number of piperidine rings is 1. The Kier molecular flexibility index (Phi) is 5.82. The molecule has 2 fully saturated rings. The van der Waals surface area contributed by atoms with Crippen LogP contribution >= 0.6 is 0 Å². The van der Waals surface area contributed by atoms with Crippen molar-refractivity contribution in [1.82, 2.24) is 29.8 Å². The Labute approximate surface area is 220 Å². The molecule has 0 aliphatic carbocycles. The van der Waals surface area contributed by atoms with E-state index in [9.17, 15) is 13.2 Å². The number of anilines is 1. The number of fused-ring (bicyclic) bond motifs is 3. The van der Waals surface area contributed by atoms with E-state index >= 15 is 0 Å². The van der Waals surface area contributed by atoms with Crippen molar-refractivity contribution in [2.24, 2.45) is 0 Å². The van der Waals surface area contributed by atoms with E-state index in [0.717, 1.165) is 41.5 Å². The van der Waals surface area contributed by atoms with Gasteiger partial charge in [0.15, 0.2) is 15.5 Å². The van der Waals surface area contributed by atoms with E-state index in [4.69, 9.17) is 10.7 Å². The van der Waals surface area contributed by atoms with E-state index in [2.05, 4.69) is 15.4 Å². The first-order valence-electron chi connectivity index (χ1n) is 12.6. The van der Waals surface area contributed by atoms with Gasteiger partial charge in [-0.2, -0.15) is 9.61 Å². The van der Waals surface area contributed by atoms with Crippen LogP contribution in [0.25, 0.3) is 28.0 Å². The van der Waals surface area contributed by atoms with Crippen molar-refractivity contribution < 1.29 is 13.2 Å². The molecule has 10 nitrogen and oxygen atoms in total. The molecule has 6 rings (SSSR count). The zero-order valence-electron chi connectivity index (χ0n) is 21.2. The lowest BCUT2D eigenvalue weighted by atomic mass is 9.88. The number of amides is 2. The molecule has 2 atom stereocenters. The predicted molar refractivity (Wildman–Crippen MR) is 144 cm³/mol. The summed E-state index contributed by atoms with van der Waals surface area (Å²) < 4.78 is 27.3. The Morgan fingerprint density at radius 1 is 1.03 bits per heavy atom. The van der Waals surface area contributed by atoms with Gasteiger partial charge in [-0.15, -0.1) is 0 Å². The van der Waals surface area contributed by atoms with Gasteiger partial charge in [0.05, 0.1) is 17.6 Å². The largest absolute Gasteiger partial charge is 0.382 e. The lowest BCUT2D eigenvalue weighted by Gasteiger charge is -2.38. The second-order valence-corrected chi connectivity index (χ2v) is 12.0. The van der Waals surface area contributed by atoms with Crippen molar-refractivity contribution in [3.8, 4) is 22.4 Å². The molecule has 2 aliphatic rings. The van der Waals surface area contributed by atoms with Crippen LogP contribution in [0.4, 0.5) is 10.6 Å². The van der Waals surface area contributed by atoms with Gasteiger partial charge < -0.3 is 16.0 Å². The van der Waals surface area contributed by atoms with Crippen LogP contribution in [0.3, 0.4) is 0 Å². The number of sulfone groups is 1. The van der Waals surface area contributed by atoms with Gasteiger partial charge in [0.1, 0.15) is 10.7 Å². The van der Waals surface area contributed by atoms with Gasteiger partial charge in [-0.05, 0) is 31.7 Å². The fourth-order valence-electron chi connectivity index (χ4n) is 6.07. The number of urea groups is 1. The first-order valence-corrected chi connectivity index (χ1v) is 14.5. The van der Waals surface area contributed by atoms with Gasteiger partial charge in [0.2, 0.25) is 0 Å². The number of rotatable bonds is 4. The van der Waals surface area contributed by atoms with Crippen LogP contribution in [0.2, 0.25) is 0 Å². The maximum atomic E-state index is 13.0. The van der Waals surface area contributed by atoms with Gasteiger partial charge in [0, 0.05) is 54.2 Å². The van der Waals surface area contributed by atoms with Crippen molar-refractivity contribution >= 4 is 27.3 Å². The third-order valence-corrected chi connectivity index (χ3v) is 8.91. The molecule has 2 amide bonds. The molecule has 38 heavy (non-hydrogen) atoms. The van der Waals surface area contributed by atoms with Crippen LogP contribution in [0.5, 0.6) is 0 Å². The topological polar surface area (TPSA) is 136 Å². The summed E-state index contributed by atoms with van der Waals surface area (Å²) in [6.07, 6.45) is 7.60. The van der Waals surface area contributed by atoms with Crippen LogP contribution in [0.1, 0.15) is 37.3 Å². The number of benzene rings is 1. The van der Waals surface area contributed by atoms with Gasteiger partial charge in [-0.3, -0.25) is 4.98 Å². The number of nitrogen functional groups attached to an aromatic ring is 1. The Hall–Kier alpha value is -3.99. The van der Waals surface area contributed by atoms with E-state index in [-0.39, 0.29) is 34.7 Å². The molecule has 11 heteroatoms. The molecule has 3 aromatic heterocycles. The molecule has 0 radical (unpaired) electrons. The van der Waals surface area contributed by atoms with Crippen LogP contribution in [0.15, 0.2) is 59.8 Å². The summed E-state index contributed by atoms with van der Waals surface area (Å²) in [5.41, 5.74) is 10.8. The fraction of sp³-hybridized carbons (Fsp3) is 0.333. The van der Waals surface area contributed by atoms with E-state index in [0.29, 0.717) is 24.2 Å². The molecule has 3 N–H and O–H groups in total. The number of aromatic nitrogens is 4. The highest BCUT2D eigenvalue weighted by molar-refractivity contribution is 7.91. The summed E-state index contributed by atoms with van der Waals surface area (Å²) in [5, 5.41) is 7.13. The quantitative estimate of drug-likeness (QED) is 0.411. The Morgan fingerprint density at radius 3 is 2.34 bits per heavy atom. The number of nitrogens with two attached hydrogens (primary N) is 1. The highest BCUT2D eigenvalue weighted by Crippen LogP contribution is 2.45. The van der Waals surface area contributed by atoms with Crippen molar-refractivity contribution in [2.75, 3.05) is 19.0 Å². The molecular formula is C27H29N7O3S. The SMILES string of the molecule is CNC(=O)N1C2CCC1CC(c1nc3c(-c4ccc(-c5ccccc5)nc4)cnn3c(N)c1S(C)(=O)=O)C2. The molecule has 2 unspecified atom stereocenters. The van der Waals surface area contributed by atoms with Gasteiger partial charge in [-0.25, -0.2) is 18.2 Å². The lowest BCUT2D eigenvalue weighted by molar-refractivity contribution is 0.138. The Bertz CT molecular complexity index is 1620. The highest BCUT2D eigenvalue weighted by atomic mass is 32.2. The maximum Gasteiger partial charge on any atom is 0.317 e. The van der Waals surface area contributed by atoms with Crippen LogP contribution < -0.4 is 11.1 Å². The molecule has 5 heterocycles. The minimum absolute atomic E-state index is 0.0231. The van der Waals surface area contributed by atoms with Gasteiger partial charge in [-0.1, -0.05) is 36.4 Å². The van der Waals surface area contributed by atoms with Crippen LogP contribution in [-0.4, -0.2) is 64.3 Å². The summed E-state index contributed by atoms with van der Waals surface area (Å²) in [6, 6.07) is 13.8.